The number of phenolic OH excluding ortho intramolecular Hbond substituents is 1. The molecular weight excluding hydrogens is 637 g/mol. The Kier molecular flexibility index (Phi) is 6.59. The quantitative estimate of drug-likeness (QED) is 0.147. The summed E-state index contributed by atoms with van der Waals surface area (Å²) in [5.41, 5.74) is 3.13. The predicted molar refractivity (Wildman–Crippen MR) is 180 cm³/mol. The Bertz CT molecular complexity index is 2050. The van der Waals surface area contributed by atoms with Gasteiger partial charge in [-0.2, -0.15) is 0 Å². The molecule has 0 aromatic heterocycles. The zero-order valence-electron chi connectivity index (χ0n) is 25.2. The highest BCUT2D eigenvalue weighted by Gasteiger charge is 2.76. The first-order valence-corrected chi connectivity index (χ1v) is 16.2. The van der Waals surface area contributed by atoms with Crippen molar-refractivity contribution in [3.63, 3.8) is 0 Å². The van der Waals surface area contributed by atoms with E-state index in [2.05, 4.69) is 5.32 Å². The molecule has 47 heavy (non-hydrogen) atoms. The van der Waals surface area contributed by atoms with Crippen LogP contribution in [0.1, 0.15) is 24.3 Å². The number of carbonyl (C=O) groups excluding carboxylic acids is 4. The molecule has 6 atom stereocenters. The third kappa shape index (κ3) is 4.01. The molecule has 4 aromatic rings. The van der Waals surface area contributed by atoms with E-state index in [1.54, 1.807) is 18.2 Å². The van der Waals surface area contributed by atoms with E-state index in [0.29, 0.717) is 22.2 Å². The van der Waals surface area contributed by atoms with Crippen LogP contribution in [0.15, 0.2) is 103 Å². The molecule has 3 fully saturated rings. The number of allylic oxidation sites excluding steroid dienone is 2. The Balaban J connectivity index is 1.22. The minimum absolute atomic E-state index is 0.106. The monoisotopic (exact) mass is 665 g/mol. The molecule has 4 aliphatic rings. The topological polar surface area (TPSA) is 107 Å². The Morgan fingerprint density at radius 2 is 1.47 bits per heavy atom. The number of alkyl halides is 2. The lowest BCUT2D eigenvalue weighted by molar-refractivity contribution is -0.138. The number of imide groups is 2. The van der Waals surface area contributed by atoms with Crippen LogP contribution in [-0.2, 0) is 19.2 Å². The number of amides is 4. The van der Waals surface area contributed by atoms with Gasteiger partial charge in [0.05, 0.1) is 17.5 Å². The molecule has 0 bridgehead atoms. The highest BCUT2D eigenvalue weighted by molar-refractivity contribution is 6.53. The number of hydrogen-bond donors (Lipinski definition) is 2. The molecule has 2 heterocycles. The fourth-order valence-corrected chi connectivity index (χ4v) is 9.29. The van der Waals surface area contributed by atoms with E-state index in [0.717, 1.165) is 21.7 Å². The summed E-state index contributed by atoms with van der Waals surface area (Å²) < 4.78 is 0. The third-order valence-corrected chi connectivity index (χ3v) is 11.9. The number of nitrogens with one attached hydrogen (secondary N) is 1. The maximum atomic E-state index is 14.4. The van der Waals surface area contributed by atoms with Gasteiger partial charge in [-0.1, -0.05) is 60.2 Å². The van der Waals surface area contributed by atoms with E-state index < -0.39 is 51.1 Å². The van der Waals surface area contributed by atoms with Gasteiger partial charge >= 0.3 is 0 Å². The Morgan fingerprint density at radius 1 is 0.787 bits per heavy atom. The molecule has 0 radical (unpaired) electrons. The first-order chi connectivity index (χ1) is 22.6. The van der Waals surface area contributed by atoms with E-state index >= 15 is 0 Å². The largest absolute Gasteiger partial charge is 0.508 e. The van der Waals surface area contributed by atoms with E-state index in [1.807, 2.05) is 72.8 Å². The minimum atomic E-state index is -1.98. The average Bonchev–Trinajstić information content (AvgIpc) is 3.41. The molecule has 8 rings (SSSR count). The van der Waals surface area contributed by atoms with Crippen molar-refractivity contribution in [3.8, 4) is 5.75 Å². The molecule has 0 spiro atoms. The van der Waals surface area contributed by atoms with Gasteiger partial charge in [-0.25, -0.2) is 0 Å². The molecule has 2 aliphatic heterocycles. The van der Waals surface area contributed by atoms with Gasteiger partial charge in [0.15, 0.2) is 9.75 Å². The lowest BCUT2D eigenvalue weighted by Gasteiger charge is -2.51. The number of rotatable bonds is 4. The van der Waals surface area contributed by atoms with Gasteiger partial charge in [-0.15, -0.1) is 23.2 Å². The average molecular weight is 667 g/mol. The van der Waals surface area contributed by atoms with Crippen molar-refractivity contribution in [1.82, 2.24) is 4.90 Å². The van der Waals surface area contributed by atoms with Crippen LogP contribution in [0.2, 0.25) is 0 Å². The molecule has 4 amide bonds. The number of halogens is 2. The number of carbonyl (C=O) groups is 4. The van der Waals surface area contributed by atoms with Gasteiger partial charge < -0.3 is 10.4 Å². The first-order valence-electron chi connectivity index (χ1n) is 15.5. The van der Waals surface area contributed by atoms with Gasteiger partial charge in [-0.05, 0) is 72.0 Å². The van der Waals surface area contributed by atoms with Crippen LogP contribution in [0.5, 0.6) is 5.75 Å². The second kappa shape index (κ2) is 10.4. The van der Waals surface area contributed by atoms with Crippen molar-refractivity contribution >= 4 is 74.7 Å². The van der Waals surface area contributed by atoms with Crippen LogP contribution in [0, 0.1) is 17.8 Å². The van der Waals surface area contributed by atoms with E-state index in [-0.39, 0.29) is 24.5 Å². The smallest absolute Gasteiger partial charge is 0.253 e. The van der Waals surface area contributed by atoms with Gasteiger partial charge in [0.1, 0.15) is 5.75 Å². The SMILES string of the molecule is CN1C(=O)[C@]2(Cl)C[C@@H]3C(=CC[C@@H]4C(=O)N(c5ccc(Nc6ccccc6)cc5)C(=O)[C@@H]43)[C@H](c3c(O)ccc4ccccc34)[C@]2(Cl)C1=O. The van der Waals surface area contributed by atoms with Crippen LogP contribution in [0.25, 0.3) is 10.8 Å². The van der Waals surface area contributed by atoms with Crippen LogP contribution in [0.4, 0.5) is 17.1 Å². The number of phenols is 1. The first kappa shape index (κ1) is 29.7. The van der Waals surface area contributed by atoms with E-state index in [9.17, 15) is 24.3 Å². The minimum Gasteiger partial charge on any atom is -0.508 e. The summed E-state index contributed by atoms with van der Waals surface area (Å²) in [5, 5.41) is 16.1. The highest BCUT2D eigenvalue weighted by atomic mass is 35.5. The van der Waals surface area contributed by atoms with Gasteiger partial charge in [0, 0.05) is 29.9 Å². The van der Waals surface area contributed by atoms with Crippen molar-refractivity contribution in [1.29, 1.82) is 0 Å². The Morgan fingerprint density at radius 3 is 2.21 bits per heavy atom. The molecule has 236 valence electrons. The van der Waals surface area contributed by atoms with Crippen molar-refractivity contribution < 1.29 is 24.3 Å². The standard InChI is InChI=1S/C37H29Cl2N3O5/c1-41-34(46)36(38)19-27-25(31(37(36,39)35(41)47)30-24-10-6-5-7-20(24)11-18-28(30)43)16-17-26-29(27)33(45)42(32(26)44)23-14-12-22(13-15-23)40-21-8-3-2-4-9-21/h2-16,18,26-27,29,31,40,43H,17,19H2,1H3/t26-,27+,29-,31+,36+,37-/m0/s1. The van der Waals surface area contributed by atoms with Crippen LogP contribution in [0.3, 0.4) is 0 Å². The van der Waals surface area contributed by atoms with Crippen molar-refractivity contribution in [2.45, 2.75) is 28.5 Å². The van der Waals surface area contributed by atoms with Gasteiger partial charge in [0.25, 0.3) is 11.8 Å². The molecular formula is C37H29Cl2N3O5. The molecule has 4 aromatic carbocycles. The van der Waals surface area contributed by atoms with Gasteiger partial charge in [0.2, 0.25) is 11.8 Å². The summed E-state index contributed by atoms with van der Waals surface area (Å²) in [6.07, 6.45) is 1.98. The van der Waals surface area contributed by atoms with Crippen molar-refractivity contribution in [2.75, 3.05) is 17.3 Å². The highest BCUT2D eigenvalue weighted by Crippen LogP contribution is 2.66. The molecule has 2 saturated heterocycles. The van der Waals surface area contributed by atoms with Crippen LogP contribution < -0.4 is 10.2 Å². The number of nitrogens with zero attached hydrogens (tertiary/aromatic N) is 2. The third-order valence-electron chi connectivity index (χ3n) is 10.4. The van der Waals surface area contributed by atoms with Crippen LogP contribution >= 0.6 is 23.2 Å². The number of benzene rings is 4. The van der Waals surface area contributed by atoms with E-state index in [4.69, 9.17) is 23.2 Å². The van der Waals surface area contributed by atoms with Crippen molar-refractivity contribution in [3.05, 3.63) is 108 Å². The number of para-hydroxylation sites is 1. The molecule has 8 nitrogen and oxygen atoms in total. The lowest BCUT2D eigenvalue weighted by Crippen LogP contribution is -2.60. The molecule has 2 N–H and O–H groups in total. The maximum absolute atomic E-state index is 14.4. The Labute approximate surface area is 280 Å². The maximum Gasteiger partial charge on any atom is 0.253 e. The zero-order valence-corrected chi connectivity index (χ0v) is 26.7. The Hall–Kier alpha value is -4.66. The normalized spacial score (nSPS) is 29.9. The van der Waals surface area contributed by atoms with Gasteiger partial charge in [-0.3, -0.25) is 29.0 Å². The summed E-state index contributed by atoms with van der Waals surface area (Å²) >= 11 is 14.7. The summed E-state index contributed by atoms with van der Waals surface area (Å²) in [7, 11) is 1.35. The number of fused-ring (bicyclic) bond motifs is 5. The fourth-order valence-electron chi connectivity index (χ4n) is 8.29. The predicted octanol–water partition coefficient (Wildman–Crippen LogP) is 6.48. The summed E-state index contributed by atoms with van der Waals surface area (Å²) in [5.74, 6) is -5.43. The zero-order chi connectivity index (χ0) is 32.8. The molecule has 10 heteroatoms. The van der Waals surface area contributed by atoms with Crippen LogP contribution in [-0.4, -0.2) is 50.4 Å². The lowest BCUT2D eigenvalue weighted by atomic mass is 9.56. The number of likely N-dealkylation sites (tertiary alicyclic amines) is 1. The number of hydrogen-bond acceptors (Lipinski definition) is 6. The van der Waals surface area contributed by atoms with Crippen molar-refractivity contribution in [2.24, 2.45) is 17.8 Å². The number of anilines is 3. The van der Waals surface area contributed by atoms with E-state index in [1.165, 1.54) is 18.0 Å². The second-order valence-corrected chi connectivity index (χ2v) is 14.0. The fraction of sp³-hybridized carbons (Fsp3) is 0.243. The summed E-state index contributed by atoms with van der Waals surface area (Å²) in [4.78, 5) is 54.3. The summed E-state index contributed by atoms with van der Waals surface area (Å²) in [6, 6.07) is 27.4. The second-order valence-electron chi connectivity index (χ2n) is 12.8. The number of aromatic hydroxyl groups is 1. The molecule has 2 aliphatic carbocycles. The molecule has 1 saturated carbocycles. The molecule has 0 unspecified atom stereocenters. The summed E-state index contributed by atoms with van der Waals surface area (Å²) in [6.45, 7) is 0.